The number of piperidine rings is 1. The minimum absolute atomic E-state index is 0.0426. The molecule has 0 saturated carbocycles. The molecule has 0 bridgehead atoms. The molecular weight excluding hydrogens is 683 g/mol. The molecule has 2 N–H and O–H groups in total. The van der Waals surface area contributed by atoms with Crippen molar-refractivity contribution in [1.82, 2.24) is 15.5 Å². The van der Waals surface area contributed by atoms with Crippen LogP contribution in [0.2, 0.25) is 10.0 Å². The first-order chi connectivity index (χ1) is 22.7. The zero-order chi connectivity index (χ0) is 35.1. The van der Waals surface area contributed by atoms with Gasteiger partial charge in [-0.1, -0.05) is 27.7 Å². The molecule has 0 atom stereocenters. The fourth-order valence-electron chi connectivity index (χ4n) is 4.69. The van der Waals surface area contributed by atoms with Crippen molar-refractivity contribution in [2.24, 2.45) is 5.92 Å². The van der Waals surface area contributed by atoms with Crippen molar-refractivity contribution in [2.45, 2.75) is 44.1 Å². The van der Waals surface area contributed by atoms with Crippen molar-refractivity contribution in [3.05, 3.63) is 82.3 Å². The lowest BCUT2D eigenvalue weighted by atomic mass is 9.97. The molecule has 0 aliphatic carbocycles. The lowest BCUT2D eigenvalue weighted by molar-refractivity contribution is -0.120. The first-order valence-corrected chi connectivity index (χ1v) is 17.3. The molecule has 15 heteroatoms. The number of rotatable bonds is 11. The SMILES string of the molecule is COc1ccc(N(Oc2ccc(Cl)cc2Cl)S(=O)(=O)c2ccc(C(=O)NCC(=O)NCC3CCN(C(=O)OC(C)(C)C)CC3)cc2)cc1. The van der Waals surface area contributed by atoms with Gasteiger partial charge in [-0.3, -0.25) is 9.59 Å². The number of halogens is 2. The maximum atomic E-state index is 13.8. The number of hydrogen-bond acceptors (Lipinski definition) is 8. The van der Waals surface area contributed by atoms with Crippen molar-refractivity contribution in [3.63, 3.8) is 0 Å². The highest BCUT2D eigenvalue weighted by Crippen LogP contribution is 2.33. The van der Waals surface area contributed by atoms with Crippen LogP contribution in [0.4, 0.5) is 10.5 Å². The van der Waals surface area contributed by atoms with E-state index >= 15 is 0 Å². The van der Waals surface area contributed by atoms with Crippen LogP contribution in [-0.2, 0) is 19.6 Å². The number of anilines is 1. The highest BCUT2D eigenvalue weighted by molar-refractivity contribution is 7.92. The Kier molecular flexibility index (Phi) is 12.1. The quantitative estimate of drug-likeness (QED) is 0.241. The van der Waals surface area contributed by atoms with Crippen LogP contribution in [0.25, 0.3) is 0 Å². The molecule has 0 aromatic heterocycles. The monoisotopic (exact) mass is 720 g/mol. The number of likely N-dealkylation sites (tertiary alicyclic amines) is 1. The summed E-state index contributed by atoms with van der Waals surface area (Å²) in [5, 5.41) is 5.81. The average molecular weight is 722 g/mol. The van der Waals surface area contributed by atoms with Crippen molar-refractivity contribution in [3.8, 4) is 11.5 Å². The van der Waals surface area contributed by atoms with Gasteiger partial charge < -0.3 is 29.8 Å². The molecule has 0 unspecified atom stereocenters. The van der Waals surface area contributed by atoms with Gasteiger partial charge in [-0.05, 0) is 106 Å². The van der Waals surface area contributed by atoms with Gasteiger partial charge in [0.1, 0.15) is 11.4 Å². The molecule has 3 amide bonds. The molecule has 1 aliphatic heterocycles. The van der Waals surface area contributed by atoms with Crippen LogP contribution in [0.1, 0.15) is 44.0 Å². The fourth-order valence-corrected chi connectivity index (χ4v) is 6.38. The van der Waals surface area contributed by atoms with Gasteiger partial charge in [0.05, 0.1) is 29.3 Å². The molecule has 1 aliphatic rings. The smallest absolute Gasteiger partial charge is 0.410 e. The Balaban J connectivity index is 1.34. The van der Waals surface area contributed by atoms with E-state index in [1.165, 1.54) is 61.7 Å². The third-order valence-corrected chi connectivity index (χ3v) is 9.38. The van der Waals surface area contributed by atoms with Gasteiger partial charge in [-0.25, -0.2) is 4.79 Å². The Morgan fingerprint density at radius 1 is 0.938 bits per heavy atom. The number of nitrogens with zero attached hydrogens (tertiary/aromatic N) is 2. The fraction of sp³-hybridized carbons (Fsp3) is 0.364. The van der Waals surface area contributed by atoms with E-state index in [2.05, 4.69) is 10.6 Å². The number of sulfonamides is 1. The predicted octanol–water partition coefficient (Wildman–Crippen LogP) is 5.68. The molecule has 48 heavy (non-hydrogen) atoms. The molecule has 3 aromatic rings. The summed E-state index contributed by atoms with van der Waals surface area (Å²) in [5.74, 6) is -0.192. The highest BCUT2D eigenvalue weighted by Gasteiger charge is 2.29. The summed E-state index contributed by atoms with van der Waals surface area (Å²) in [7, 11) is -2.86. The highest BCUT2D eigenvalue weighted by atomic mass is 35.5. The van der Waals surface area contributed by atoms with Crippen LogP contribution in [0, 0.1) is 5.92 Å². The summed E-state index contributed by atoms with van der Waals surface area (Å²) in [6, 6.07) is 15.7. The molecule has 1 fully saturated rings. The number of ether oxygens (including phenoxy) is 2. The normalized spacial score (nSPS) is 13.8. The van der Waals surface area contributed by atoms with E-state index in [0.717, 1.165) is 12.8 Å². The molecule has 3 aromatic carbocycles. The van der Waals surface area contributed by atoms with Crippen LogP contribution in [0.5, 0.6) is 11.5 Å². The first kappa shape index (κ1) is 36.6. The number of amides is 3. The molecule has 1 saturated heterocycles. The maximum absolute atomic E-state index is 13.8. The number of hydrogen-bond donors (Lipinski definition) is 2. The van der Waals surface area contributed by atoms with E-state index < -0.39 is 21.5 Å². The summed E-state index contributed by atoms with van der Waals surface area (Å²) < 4.78 is 38.9. The van der Waals surface area contributed by atoms with Gasteiger partial charge in [-0.15, -0.1) is 0 Å². The molecule has 0 radical (unpaired) electrons. The number of carbonyl (C=O) groups is 3. The van der Waals surface area contributed by atoms with Crippen LogP contribution >= 0.6 is 23.2 Å². The van der Waals surface area contributed by atoms with E-state index in [0.29, 0.717) is 34.9 Å². The summed E-state index contributed by atoms with van der Waals surface area (Å²) in [5.41, 5.74) is -0.259. The number of carbonyl (C=O) groups excluding carboxylic acids is 3. The Morgan fingerprint density at radius 3 is 2.17 bits per heavy atom. The first-order valence-electron chi connectivity index (χ1n) is 15.1. The second-order valence-electron chi connectivity index (χ2n) is 12.0. The Bertz CT molecular complexity index is 1710. The number of methoxy groups -OCH3 is 1. The van der Waals surface area contributed by atoms with Crippen molar-refractivity contribution in [2.75, 3.05) is 37.8 Å². The lowest BCUT2D eigenvalue weighted by Gasteiger charge is -2.33. The summed E-state index contributed by atoms with van der Waals surface area (Å²) in [4.78, 5) is 44.8. The van der Waals surface area contributed by atoms with Crippen molar-refractivity contribution in [1.29, 1.82) is 0 Å². The third-order valence-electron chi connectivity index (χ3n) is 7.25. The predicted molar refractivity (Wildman–Crippen MR) is 182 cm³/mol. The number of benzene rings is 3. The van der Waals surface area contributed by atoms with Crippen LogP contribution < -0.4 is 24.7 Å². The van der Waals surface area contributed by atoms with Gasteiger partial charge in [0.25, 0.3) is 15.9 Å². The van der Waals surface area contributed by atoms with E-state index in [9.17, 15) is 22.8 Å². The molecule has 258 valence electrons. The maximum Gasteiger partial charge on any atom is 0.410 e. The van der Waals surface area contributed by atoms with E-state index in [-0.39, 0.29) is 51.4 Å². The molecule has 12 nitrogen and oxygen atoms in total. The Hall–Kier alpha value is -4.20. The van der Waals surface area contributed by atoms with Crippen molar-refractivity contribution < 1.29 is 37.1 Å². The van der Waals surface area contributed by atoms with Crippen LogP contribution in [0.3, 0.4) is 0 Å². The minimum atomic E-state index is -4.35. The van der Waals surface area contributed by atoms with E-state index in [1.807, 2.05) is 20.8 Å². The topological polar surface area (TPSA) is 144 Å². The number of nitrogens with one attached hydrogen (secondary N) is 2. The van der Waals surface area contributed by atoms with E-state index in [4.69, 9.17) is 37.5 Å². The average Bonchev–Trinajstić information content (AvgIpc) is 3.05. The molecule has 4 rings (SSSR count). The van der Waals surface area contributed by atoms with Gasteiger partial charge >= 0.3 is 6.09 Å². The summed E-state index contributed by atoms with van der Waals surface area (Å²) >= 11 is 12.3. The standard InChI is InChI=1S/C33H38Cl2N4O8S/c1-33(2,3)46-32(42)38-17-15-22(16-18-38)20-36-30(40)21-37-31(41)23-5-12-27(13-6-23)48(43,44)39(25-8-10-26(45-4)11-9-25)47-29-14-7-24(34)19-28(29)35/h5-14,19,22H,15-18,20-21H2,1-4H3,(H,36,40)(H,37,41). The van der Waals surface area contributed by atoms with Gasteiger partial charge in [0.2, 0.25) is 5.91 Å². The third kappa shape index (κ3) is 9.91. The minimum Gasteiger partial charge on any atom is -0.497 e. The second kappa shape index (κ2) is 15.8. The Morgan fingerprint density at radius 2 is 1.58 bits per heavy atom. The largest absolute Gasteiger partial charge is 0.497 e. The molecule has 0 spiro atoms. The summed E-state index contributed by atoms with van der Waals surface area (Å²) in [6.45, 7) is 6.69. The van der Waals surface area contributed by atoms with Crippen molar-refractivity contribution >= 4 is 56.8 Å². The van der Waals surface area contributed by atoms with E-state index in [1.54, 1.807) is 17.0 Å². The van der Waals surface area contributed by atoms with Crippen LogP contribution in [-0.4, -0.2) is 70.1 Å². The Labute approximate surface area is 290 Å². The van der Waals surface area contributed by atoms with Gasteiger partial charge in [0, 0.05) is 30.2 Å². The zero-order valence-electron chi connectivity index (χ0n) is 27.0. The van der Waals surface area contributed by atoms with Gasteiger partial charge in [-0.2, -0.15) is 8.42 Å². The lowest BCUT2D eigenvalue weighted by Crippen LogP contribution is -2.44. The zero-order valence-corrected chi connectivity index (χ0v) is 29.3. The molecular formula is C33H38Cl2N4O8S. The summed E-state index contributed by atoms with van der Waals surface area (Å²) in [6.07, 6.45) is 1.09. The van der Waals surface area contributed by atoms with Gasteiger partial charge in [0.15, 0.2) is 5.75 Å². The second-order valence-corrected chi connectivity index (χ2v) is 14.6. The molecule has 1 heterocycles. The van der Waals surface area contributed by atoms with Crippen LogP contribution in [0.15, 0.2) is 71.6 Å².